The summed E-state index contributed by atoms with van der Waals surface area (Å²) in [6.45, 7) is 6.37. The summed E-state index contributed by atoms with van der Waals surface area (Å²) >= 11 is 0. The van der Waals surface area contributed by atoms with Gasteiger partial charge in [0.05, 0.1) is 11.9 Å². The zero-order valence-electron chi connectivity index (χ0n) is 22.1. The number of nitrogens with one attached hydrogen (secondary N) is 1. The lowest BCUT2D eigenvalue weighted by Crippen LogP contribution is -2.48. The van der Waals surface area contributed by atoms with Gasteiger partial charge in [0, 0.05) is 54.2 Å². The highest BCUT2D eigenvalue weighted by atomic mass is 19.1. The second kappa shape index (κ2) is 9.42. The SMILES string of the molecule is Cc1cc(-c2cnc3cc(-c4ccc(N5CCC6(CCCNC6)CC5)cc4)ccn23)c2cc(F)cc(F)c2n1. The number of nitrogens with zero attached hydrogens (tertiary/aromatic N) is 4. The highest BCUT2D eigenvalue weighted by Gasteiger charge is 2.35. The molecule has 0 atom stereocenters. The Kier molecular flexibility index (Phi) is 5.85. The van der Waals surface area contributed by atoms with Crippen LogP contribution in [0.25, 0.3) is 38.9 Å². The van der Waals surface area contributed by atoms with E-state index in [4.69, 9.17) is 0 Å². The molecular formula is C32H31F2N5. The summed E-state index contributed by atoms with van der Waals surface area (Å²) in [6.07, 6.45) is 8.89. The van der Waals surface area contributed by atoms with Crippen molar-refractivity contribution in [3.05, 3.63) is 84.3 Å². The highest BCUT2D eigenvalue weighted by Crippen LogP contribution is 2.39. The zero-order chi connectivity index (χ0) is 26.6. The highest BCUT2D eigenvalue weighted by molar-refractivity contribution is 5.94. The van der Waals surface area contributed by atoms with Crippen molar-refractivity contribution in [2.75, 3.05) is 31.1 Å². The van der Waals surface area contributed by atoms with Crippen LogP contribution in [0.5, 0.6) is 0 Å². The molecule has 39 heavy (non-hydrogen) atoms. The van der Waals surface area contributed by atoms with E-state index < -0.39 is 11.6 Å². The molecule has 0 saturated carbocycles. The fourth-order valence-electron chi connectivity index (χ4n) is 6.51. The maximum absolute atomic E-state index is 14.5. The Balaban J connectivity index is 1.16. The molecule has 2 aliphatic heterocycles. The number of fused-ring (bicyclic) bond motifs is 2. The van der Waals surface area contributed by atoms with Gasteiger partial charge in [-0.05, 0) is 92.1 Å². The molecule has 5 aromatic rings. The van der Waals surface area contributed by atoms with Gasteiger partial charge in [-0.3, -0.25) is 4.40 Å². The van der Waals surface area contributed by atoms with Crippen molar-refractivity contribution in [3.8, 4) is 22.4 Å². The lowest BCUT2D eigenvalue weighted by molar-refractivity contribution is 0.161. The van der Waals surface area contributed by atoms with E-state index in [0.717, 1.165) is 41.6 Å². The third kappa shape index (κ3) is 4.35. The summed E-state index contributed by atoms with van der Waals surface area (Å²) in [5.74, 6) is -1.29. The Labute approximate surface area is 226 Å². The largest absolute Gasteiger partial charge is 0.371 e. The number of rotatable bonds is 3. The quantitative estimate of drug-likeness (QED) is 0.283. The van der Waals surface area contributed by atoms with Gasteiger partial charge in [-0.15, -0.1) is 0 Å². The van der Waals surface area contributed by atoms with Gasteiger partial charge in [0.2, 0.25) is 0 Å². The molecule has 0 amide bonds. The molecule has 0 radical (unpaired) electrons. The van der Waals surface area contributed by atoms with Crippen LogP contribution in [0.15, 0.2) is 67.0 Å². The van der Waals surface area contributed by atoms with Gasteiger partial charge in [0.1, 0.15) is 17.0 Å². The van der Waals surface area contributed by atoms with E-state index in [2.05, 4.69) is 56.6 Å². The molecule has 1 N–H and O–H groups in total. The second-order valence-electron chi connectivity index (χ2n) is 11.2. The van der Waals surface area contributed by atoms with Crippen molar-refractivity contribution in [2.24, 2.45) is 5.41 Å². The fraction of sp³-hybridized carbons (Fsp3) is 0.312. The lowest BCUT2D eigenvalue weighted by Gasteiger charge is -2.45. The van der Waals surface area contributed by atoms with Crippen molar-refractivity contribution in [3.63, 3.8) is 0 Å². The number of pyridine rings is 2. The third-order valence-electron chi connectivity index (χ3n) is 8.70. The number of hydrogen-bond donors (Lipinski definition) is 1. The molecular weight excluding hydrogens is 492 g/mol. The van der Waals surface area contributed by atoms with Crippen LogP contribution in [0, 0.1) is 24.0 Å². The van der Waals surface area contributed by atoms with Crippen LogP contribution >= 0.6 is 0 Å². The topological polar surface area (TPSA) is 45.5 Å². The number of aryl methyl sites for hydroxylation is 1. The van der Waals surface area contributed by atoms with Gasteiger partial charge < -0.3 is 10.2 Å². The molecule has 2 aromatic carbocycles. The summed E-state index contributed by atoms with van der Waals surface area (Å²) in [5, 5.41) is 4.04. The van der Waals surface area contributed by atoms with E-state index in [1.54, 1.807) is 6.20 Å². The predicted octanol–water partition coefficient (Wildman–Crippen LogP) is 6.77. The average molecular weight is 524 g/mol. The molecule has 2 aliphatic rings. The number of piperidine rings is 2. The maximum Gasteiger partial charge on any atom is 0.152 e. The maximum atomic E-state index is 14.5. The van der Waals surface area contributed by atoms with Crippen LogP contribution in [0.1, 0.15) is 31.4 Å². The van der Waals surface area contributed by atoms with Crippen molar-refractivity contribution >= 4 is 22.2 Å². The number of imidazole rings is 1. The molecule has 3 aromatic heterocycles. The summed E-state index contributed by atoms with van der Waals surface area (Å²) in [6, 6.07) is 17.0. The van der Waals surface area contributed by atoms with Gasteiger partial charge in [-0.2, -0.15) is 0 Å². The fourth-order valence-corrected chi connectivity index (χ4v) is 6.51. The van der Waals surface area contributed by atoms with E-state index >= 15 is 0 Å². The predicted molar refractivity (Wildman–Crippen MR) is 152 cm³/mol. The van der Waals surface area contributed by atoms with E-state index in [0.29, 0.717) is 22.1 Å². The first-order valence-electron chi connectivity index (χ1n) is 13.8. The number of aromatic nitrogens is 3. The molecule has 0 bridgehead atoms. The summed E-state index contributed by atoms with van der Waals surface area (Å²) < 4.78 is 30.6. The van der Waals surface area contributed by atoms with Gasteiger partial charge in [0.15, 0.2) is 5.82 Å². The molecule has 0 unspecified atom stereocenters. The normalized spacial score (nSPS) is 17.4. The van der Waals surface area contributed by atoms with Crippen LogP contribution in [-0.4, -0.2) is 40.5 Å². The molecule has 198 valence electrons. The van der Waals surface area contributed by atoms with E-state index in [-0.39, 0.29) is 5.52 Å². The number of anilines is 1. The van der Waals surface area contributed by atoms with Crippen molar-refractivity contribution in [2.45, 2.75) is 32.6 Å². The number of hydrogen-bond acceptors (Lipinski definition) is 4. The minimum Gasteiger partial charge on any atom is -0.371 e. The Morgan fingerprint density at radius 2 is 1.74 bits per heavy atom. The third-order valence-corrected chi connectivity index (χ3v) is 8.70. The van der Waals surface area contributed by atoms with Crippen LogP contribution in [0.4, 0.5) is 14.5 Å². The van der Waals surface area contributed by atoms with Crippen LogP contribution in [0.2, 0.25) is 0 Å². The van der Waals surface area contributed by atoms with Crippen molar-refractivity contribution in [1.29, 1.82) is 0 Å². The Morgan fingerprint density at radius 3 is 2.51 bits per heavy atom. The standard InChI is InChI=1S/C32H31F2N5/c1-21-15-26(27-17-24(33)18-28(34)31(27)37-21)29-19-36-30-16-23(7-12-39(29)30)22-3-5-25(6-4-22)38-13-9-32(10-14-38)8-2-11-35-20-32/h3-7,12,15-19,35H,2,8-11,13-14,20H2,1H3. The van der Waals surface area contributed by atoms with Crippen molar-refractivity contribution < 1.29 is 8.78 Å². The summed E-state index contributed by atoms with van der Waals surface area (Å²) in [7, 11) is 0. The van der Waals surface area contributed by atoms with Crippen LogP contribution in [0.3, 0.4) is 0 Å². The van der Waals surface area contributed by atoms with Gasteiger partial charge in [-0.1, -0.05) is 12.1 Å². The summed E-state index contributed by atoms with van der Waals surface area (Å²) in [4.78, 5) is 11.5. The summed E-state index contributed by atoms with van der Waals surface area (Å²) in [5.41, 5.74) is 7.04. The Hall–Kier alpha value is -3.84. The molecule has 1 spiro atoms. The number of benzene rings is 2. The first kappa shape index (κ1) is 24.2. The monoisotopic (exact) mass is 523 g/mol. The minimum atomic E-state index is -0.662. The van der Waals surface area contributed by atoms with Crippen molar-refractivity contribution in [1.82, 2.24) is 19.7 Å². The van der Waals surface area contributed by atoms with Crippen LogP contribution < -0.4 is 10.2 Å². The zero-order valence-corrected chi connectivity index (χ0v) is 22.1. The minimum absolute atomic E-state index is 0.164. The molecule has 2 fully saturated rings. The molecule has 5 nitrogen and oxygen atoms in total. The van der Waals surface area contributed by atoms with Gasteiger partial charge in [0.25, 0.3) is 0 Å². The number of halogens is 2. The first-order chi connectivity index (χ1) is 19.0. The van der Waals surface area contributed by atoms with Gasteiger partial charge >= 0.3 is 0 Å². The molecule has 2 saturated heterocycles. The average Bonchev–Trinajstić information content (AvgIpc) is 3.37. The lowest BCUT2D eigenvalue weighted by atomic mass is 9.73. The Morgan fingerprint density at radius 1 is 0.923 bits per heavy atom. The smallest absolute Gasteiger partial charge is 0.152 e. The molecule has 5 heterocycles. The van der Waals surface area contributed by atoms with Gasteiger partial charge in [-0.25, -0.2) is 18.7 Å². The molecule has 7 rings (SSSR count). The van der Waals surface area contributed by atoms with Crippen LogP contribution in [-0.2, 0) is 0 Å². The van der Waals surface area contributed by atoms with E-state index in [1.165, 1.54) is 50.5 Å². The van der Waals surface area contributed by atoms with E-state index in [1.807, 2.05) is 23.6 Å². The Bertz CT molecular complexity index is 1680. The molecule has 0 aliphatic carbocycles. The van der Waals surface area contributed by atoms with E-state index in [9.17, 15) is 8.78 Å². The molecule has 7 heteroatoms. The second-order valence-corrected chi connectivity index (χ2v) is 11.2. The first-order valence-corrected chi connectivity index (χ1v) is 13.8.